The fraction of sp³-hybridized carbons (Fsp3) is 0.917. The molecule has 3 heteroatoms. The molecule has 0 spiro atoms. The monoisotopic (exact) mass is 213 g/mol. The molecule has 0 aromatic rings. The van der Waals surface area contributed by atoms with Gasteiger partial charge in [-0.2, -0.15) is 0 Å². The zero-order valence-electron chi connectivity index (χ0n) is 9.67. The summed E-state index contributed by atoms with van der Waals surface area (Å²) in [7, 11) is 0. The molecule has 0 bridgehead atoms. The zero-order chi connectivity index (χ0) is 11.1. The highest BCUT2D eigenvalue weighted by atomic mass is 16.3. The molecule has 1 fully saturated rings. The molecule has 0 atom stereocenters. The molecule has 0 unspecified atom stereocenters. The molecule has 88 valence electrons. The highest BCUT2D eigenvalue weighted by Gasteiger charge is 2.21. The minimum atomic E-state index is 0.198. The molecular weight excluding hydrogens is 190 g/mol. The van der Waals surface area contributed by atoms with Crippen LogP contribution >= 0.6 is 0 Å². The summed E-state index contributed by atoms with van der Waals surface area (Å²) in [6.45, 7) is 2.40. The Morgan fingerprint density at radius 2 is 2.00 bits per heavy atom. The van der Waals surface area contributed by atoms with Gasteiger partial charge in [-0.3, -0.25) is 4.79 Å². The second-order valence-corrected chi connectivity index (χ2v) is 4.57. The molecule has 0 heterocycles. The lowest BCUT2D eigenvalue weighted by Crippen LogP contribution is -2.37. The lowest BCUT2D eigenvalue weighted by molar-refractivity contribution is -0.122. The fourth-order valence-electron chi connectivity index (χ4n) is 2.13. The quantitative estimate of drug-likeness (QED) is 0.732. The van der Waals surface area contributed by atoms with E-state index in [1.807, 2.05) is 0 Å². The van der Waals surface area contributed by atoms with Crippen LogP contribution in [0.5, 0.6) is 0 Å². The van der Waals surface area contributed by atoms with Crippen LogP contribution in [-0.4, -0.2) is 23.7 Å². The summed E-state index contributed by atoms with van der Waals surface area (Å²) in [5.74, 6) is 0.665. The van der Waals surface area contributed by atoms with E-state index in [9.17, 15) is 4.79 Å². The Kier molecular flexibility index (Phi) is 5.69. The third-order valence-corrected chi connectivity index (χ3v) is 3.23. The van der Waals surface area contributed by atoms with E-state index in [1.165, 1.54) is 0 Å². The summed E-state index contributed by atoms with van der Waals surface area (Å²) in [6.07, 6.45) is 6.88. The Hall–Kier alpha value is -0.570. The Balaban J connectivity index is 2.15. The third kappa shape index (κ3) is 4.65. The lowest BCUT2D eigenvalue weighted by atomic mass is 9.86. The molecule has 15 heavy (non-hydrogen) atoms. The maximum absolute atomic E-state index is 11.5. The van der Waals surface area contributed by atoms with Gasteiger partial charge in [0.05, 0.1) is 0 Å². The van der Waals surface area contributed by atoms with E-state index < -0.39 is 0 Å². The molecule has 1 saturated carbocycles. The molecule has 1 aliphatic rings. The first kappa shape index (κ1) is 12.5. The molecule has 0 aromatic carbocycles. The van der Waals surface area contributed by atoms with Crippen molar-refractivity contribution < 1.29 is 9.90 Å². The maximum Gasteiger partial charge on any atom is 0.220 e. The highest BCUT2D eigenvalue weighted by molar-refractivity contribution is 5.76. The van der Waals surface area contributed by atoms with Gasteiger partial charge in [0.15, 0.2) is 0 Å². The van der Waals surface area contributed by atoms with E-state index >= 15 is 0 Å². The number of hydrogen-bond acceptors (Lipinski definition) is 2. The van der Waals surface area contributed by atoms with Gasteiger partial charge in [-0.25, -0.2) is 0 Å². The number of nitrogens with one attached hydrogen (secondary N) is 1. The lowest BCUT2D eigenvalue weighted by Gasteiger charge is -2.27. The van der Waals surface area contributed by atoms with Gasteiger partial charge in [0, 0.05) is 19.1 Å². The van der Waals surface area contributed by atoms with Gasteiger partial charge in [-0.1, -0.05) is 13.3 Å². The predicted octanol–water partition coefficient (Wildman–Crippen LogP) is 1.84. The molecule has 2 N–H and O–H groups in total. The van der Waals surface area contributed by atoms with E-state index in [2.05, 4.69) is 12.2 Å². The van der Waals surface area contributed by atoms with Crippen LogP contribution in [0.15, 0.2) is 0 Å². The van der Waals surface area contributed by atoms with Crippen LogP contribution in [0.25, 0.3) is 0 Å². The average molecular weight is 213 g/mol. The van der Waals surface area contributed by atoms with Crippen LogP contribution in [0.1, 0.15) is 51.9 Å². The first-order valence-electron chi connectivity index (χ1n) is 6.16. The molecule has 0 aliphatic heterocycles. The number of carbonyl (C=O) groups excluding carboxylic acids is 1. The fourth-order valence-corrected chi connectivity index (χ4v) is 2.13. The second kappa shape index (κ2) is 6.83. The van der Waals surface area contributed by atoms with Crippen molar-refractivity contribution in [3.63, 3.8) is 0 Å². The topological polar surface area (TPSA) is 49.3 Å². The summed E-state index contributed by atoms with van der Waals surface area (Å²) >= 11 is 0. The number of aliphatic hydroxyl groups excluding tert-OH is 1. The van der Waals surface area contributed by atoms with Crippen LogP contribution in [0.3, 0.4) is 0 Å². The molecule has 1 amide bonds. The van der Waals surface area contributed by atoms with Crippen molar-refractivity contribution in [3.8, 4) is 0 Å². The first-order chi connectivity index (χ1) is 7.26. The largest absolute Gasteiger partial charge is 0.396 e. The Morgan fingerprint density at radius 1 is 1.33 bits per heavy atom. The second-order valence-electron chi connectivity index (χ2n) is 4.57. The van der Waals surface area contributed by atoms with Crippen molar-refractivity contribution in [1.82, 2.24) is 5.32 Å². The van der Waals surface area contributed by atoms with Crippen molar-refractivity contribution in [3.05, 3.63) is 0 Å². The molecule has 0 saturated heterocycles. The molecule has 3 nitrogen and oxygen atoms in total. The smallest absolute Gasteiger partial charge is 0.220 e. The van der Waals surface area contributed by atoms with Crippen LogP contribution in [-0.2, 0) is 4.79 Å². The number of carbonyl (C=O) groups is 1. The van der Waals surface area contributed by atoms with Crippen molar-refractivity contribution in [2.45, 2.75) is 57.9 Å². The van der Waals surface area contributed by atoms with Gasteiger partial charge < -0.3 is 10.4 Å². The Morgan fingerprint density at radius 3 is 2.53 bits per heavy atom. The van der Waals surface area contributed by atoms with Crippen molar-refractivity contribution in [1.29, 1.82) is 0 Å². The minimum Gasteiger partial charge on any atom is -0.396 e. The average Bonchev–Trinajstić information content (AvgIpc) is 2.27. The summed E-state index contributed by atoms with van der Waals surface area (Å²) in [6, 6.07) is 0.358. The number of unbranched alkanes of at least 4 members (excludes halogenated alkanes) is 1. The normalized spacial score (nSPS) is 26.3. The van der Waals surface area contributed by atoms with E-state index in [-0.39, 0.29) is 5.91 Å². The minimum absolute atomic E-state index is 0.198. The van der Waals surface area contributed by atoms with Crippen molar-refractivity contribution in [2.24, 2.45) is 5.92 Å². The number of rotatable bonds is 5. The zero-order valence-corrected chi connectivity index (χ0v) is 9.67. The van der Waals surface area contributed by atoms with E-state index in [1.54, 1.807) is 0 Å². The van der Waals surface area contributed by atoms with Crippen LogP contribution < -0.4 is 5.32 Å². The summed E-state index contributed by atoms with van der Waals surface area (Å²) in [4.78, 5) is 11.5. The molecule has 0 radical (unpaired) electrons. The summed E-state index contributed by atoms with van der Waals surface area (Å²) < 4.78 is 0. The maximum atomic E-state index is 11.5. The first-order valence-corrected chi connectivity index (χ1v) is 6.16. The van der Waals surface area contributed by atoms with Crippen molar-refractivity contribution >= 4 is 5.91 Å². The summed E-state index contributed by atoms with van der Waals surface area (Å²) in [5.41, 5.74) is 0. The van der Waals surface area contributed by atoms with Crippen LogP contribution in [0.2, 0.25) is 0 Å². The Bertz CT molecular complexity index is 186. The van der Waals surface area contributed by atoms with Gasteiger partial charge in [0.2, 0.25) is 5.91 Å². The van der Waals surface area contributed by atoms with Crippen molar-refractivity contribution in [2.75, 3.05) is 6.61 Å². The Labute approximate surface area is 92.3 Å². The SMILES string of the molecule is CCCCC(=O)NC1CCC(CO)CC1. The standard InChI is InChI=1S/C12H23NO2/c1-2-3-4-12(15)13-11-7-5-10(9-14)6-8-11/h10-11,14H,2-9H2,1H3,(H,13,15). The van der Waals surface area contributed by atoms with E-state index in [0.717, 1.165) is 38.5 Å². The van der Waals surface area contributed by atoms with Gasteiger partial charge >= 0.3 is 0 Å². The number of amides is 1. The van der Waals surface area contributed by atoms with E-state index in [0.29, 0.717) is 25.0 Å². The summed E-state index contributed by atoms with van der Waals surface area (Å²) in [5, 5.41) is 12.1. The van der Waals surface area contributed by atoms with Crippen LogP contribution in [0.4, 0.5) is 0 Å². The number of aliphatic hydroxyl groups is 1. The molecule has 0 aromatic heterocycles. The van der Waals surface area contributed by atoms with Gasteiger partial charge in [0.25, 0.3) is 0 Å². The highest BCUT2D eigenvalue weighted by Crippen LogP contribution is 2.23. The van der Waals surface area contributed by atoms with Crippen LogP contribution in [0, 0.1) is 5.92 Å². The third-order valence-electron chi connectivity index (χ3n) is 3.23. The van der Waals surface area contributed by atoms with E-state index in [4.69, 9.17) is 5.11 Å². The molecule has 1 rings (SSSR count). The molecule has 1 aliphatic carbocycles. The predicted molar refractivity (Wildman–Crippen MR) is 60.5 cm³/mol. The van der Waals surface area contributed by atoms with Gasteiger partial charge in [-0.05, 0) is 38.0 Å². The van der Waals surface area contributed by atoms with Gasteiger partial charge in [0.1, 0.15) is 0 Å². The molecular formula is C12H23NO2. The van der Waals surface area contributed by atoms with Gasteiger partial charge in [-0.15, -0.1) is 0 Å². The number of hydrogen-bond donors (Lipinski definition) is 2.